The van der Waals surface area contributed by atoms with E-state index in [1.165, 1.54) is 10.9 Å². The number of anilines is 2. The summed E-state index contributed by atoms with van der Waals surface area (Å²) in [5.41, 5.74) is 0.115. The van der Waals surface area contributed by atoms with E-state index >= 15 is 0 Å². The van der Waals surface area contributed by atoms with E-state index in [9.17, 15) is 8.78 Å². The Morgan fingerprint density at radius 1 is 1.35 bits per heavy atom. The van der Waals surface area contributed by atoms with Crippen molar-refractivity contribution in [1.29, 1.82) is 5.26 Å². The van der Waals surface area contributed by atoms with E-state index < -0.39 is 11.6 Å². The summed E-state index contributed by atoms with van der Waals surface area (Å²) < 4.78 is 28.5. The summed E-state index contributed by atoms with van der Waals surface area (Å²) >= 11 is 0. The summed E-state index contributed by atoms with van der Waals surface area (Å²) in [6, 6.07) is 3.63. The van der Waals surface area contributed by atoms with Gasteiger partial charge in [0.2, 0.25) is 0 Å². The molecule has 0 saturated carbocycles. The molecule has 0 aliphatic rings. The van der Waals surface area contributed by atoms with E-state index in [4.69, 9.17) is 5.26 Å². The molecule has 0 aliphatic carbocycles. The normalized spacial score (nSPS) is 10.0. The van der Waals surface area contributed by atoms with Crippen LogP contribution < -0.4 is 5.32 Å². The van der Waals surface area contributed by atoms with Gasteiger partial charge in [-0.2, -0.15) is 10.4 Å². The second kappa shape index (κ2) is 4.22. The number of halogens is 2. The SMILES string of the molecule is Cn1cc(Nc2c(F)cc(C#N)cc2F)cn1. The number of benzene rings is 1. The summed E-state index contributed by atoms with van der Waals surface area (Å²) in [5.74, 6) is -1.63. The maximum atomic E-state index is 13.5. The van der Waals surface area contributed by atoms with Crippen molar-refractivity contribution in [3.63, 3.8) is 0 Å². The Hall–Kier alpha value is -2.42. The Bertz CT molecular complexity index is 575. The molecule has 2 rings (SSSR count). The summed E-state index contributed by atoms with van der Waals surface area (Å²) in [7, 11) is 1.69. The molecule has 0 unspecified atom stereocenters. The molecule has 0 aliphatic heterocycles. The highest BCUT2D eigenvalue weighted by Gasteiger charge is 2.11. The van der Waals surface area contributed by atoms with Crippen LogP contribution in [-0.4, -0.2) is 9.78 Å². The fraction of sp³-hybridized carbons (Fsp3) is 0.0909. The highest BCUT2D eigenvalue weighted by Crippen LogP contribution is 2.24. The second-order valence-electron chi connectivity index (χ2n) is 3.45. The first-order valence-corrected chi connectivity index (χ1v) is 4.75. The Morgan fingerprint density at radius 2 is 2.00 bits per heavy atom. The van der Waals surface area contributed by atoms with Crippen molar-refractivity contribution < 1.29 is 8.78 Å². The lowest BCUT2D eigenvalue weighted by Gasteiger charge is -2.06. The van der Waals surface area contributed by atoms with Gasteiger partial charge < -0.3 is 5.32 Å². The van der Waals surface area contributed by atoms with Crippen molar-refractivity contribution in [3.05, 3.63) is 41.7 Å². The largest absolute Gasteiger partial charge is 0.348 e. The molecular weight excluding hydrogens is 226 g/mol. The zero-order valence-corrected chi connectivity index (χ0v) is 8.91. The third kappa shape index (κ3) is 2.23. The summed E-state index contributed by atoms with van der Waals surface area (Å²) in [5, 5.41) is 15.0. The van der Waals surface area contributed by atoms with Crippen molar-refractivity contribution in [2.75, 3.05) is 5.32 Å². The van der Waals surface area contributed by atoms with E-state index in [1.807, 2.05) is 0 Å². The Balaban J connectivity index is 2.37. The predicted molar refractivity (Wildman–Crippen MR) is 57.6 cm³/mol. The Morgan fingerprint density at radius 3 is 2.47 bits per heavy atom. The topological polar surface area (TPSA) is 53.6 Å². The zero-order chi connectivity index (χ0) is 12.4. The molecule has 17 heavy (non-hydrogen) atoms. The lowest BCUT2D eigenvalue weighted by molar-refractivity contribution is 0.590. The number of nitriles is 1. The van der Waals surface area contributed by atoms with Crippen LogP contribution in [-0.2, 0) is 7.05 Å². The van der Waals surface area contributed by atoms with Crippen LogP contribution in [0.3, 0.4) is 0 Å². The molecule has 0 saturated heterocycles. The van der Waals surface area contributed by atoms with Crippen LogP contribution in [0, 0.1) is 23.0 Å². The lowest BCUT2D eigenvalue weighted by Crippen LogP contribution is -1.98. The van der Waals surface area contributed by atoms with E-state index in [1.54, 1.807) is 19.3 Å². The molecule has 0 amide bonds. The first kappa shape index (κ1) is 11.1. The van der Waals surface area contributed by atoms with E-state index in [-0.39, 0.29) is 11.3 Å². The molecule has 0 spiro atoms. The van der Waals surface area contributed by atoms with Gasteiger partial charge in [0.05, 0.1) is 23.5 Å². The summed E-state index contributed by atoms with van der Waals surface area (Å²) in [4.78, 5) is 0. The van der Waals surface area contributed by atoms with E-state index in [0.717, 1.165) is 12.1 Å². The number of hydrogen-bond donors (Lipinski definition) is 1. The van der Waals surface area contributed by atoms with Gasteiger partial charge in [-0.25, -0.2) is 8.78 Å². The van der Waals surface area contributed by atoms with Gasteiger partial charge in [-0.3, -0.25) is 4.68 Å². The molecule has 1 N–H and O–H groups in total. The van der Waals surface area contributed by atoms with Crippen molar-refractivity contribution in [2.24, 2.45) is 7.05 Å². The van der Waals surface area contributed by atoms with Gasteiger partial charge in [0.15, 0.2) is 11.6 Å². The summed E-state index contributed by atoms with van der Waals surface area (Å²) in [6.07, 6.45) is 3.02. The first-order chi connectivity index (χ1) is 8.10. The highest BCUT2D eigenvalue weighted by atomic mass is 19.1. The van der Waals surface area contributed by atoms with Gasteiger partial charge in [0.1, 0.15) is 5.69 Å². The second-order valence-corrected chi connectivity index (χ2v) is 3.45. The standard InChI is InChI=1S/C11H8F2N4/c1-17-6-8(5-15-17)16-11-9(12)2-7(4-14)3-10(11)13/h2-3,5-6,16H,1H3. The average Bonchev–Trinajstić information content (AvgIpc) is 2.69. The van der Waals surface area contributed by atoms with E-state index in [2.05, 4.69) is 10.4 Å². The predicted octanol–water partition coefficient (Wildman–Crippen LogP) is 2.31. The third-order valence-corrected chi connectivity index (χ3v) is 2.15. The smallest absolute Gasteiger partial charge is 0.150 e. The van der Waals surface area contributed by atoms with Gasteiger partial charge in [-0.05, 0) is 12.1 Å². The van der Waals surface area contributed by atoms with Gasteiger partial charge in [-0.1, -0.05) is 0 Å². The van der Waals surface area contributed by atoms with Crippen LogP contribution in [0.1, 0.15) is 5.56 Å². The van der Waals surface area contributed by atoms with Gasteiger partial charge >= 0.3 is 0 Å². The molecule has 1 heterocycles. The molecule has 0 radical (unpaired) electrons. The molecule has 0 atom stereocenters. The van der Waals surface area contributed by atoms with Crippen molar-refractivity contribution in [2.45, 2.75) is 0 Å². The quantitative estimate of drug-likeness (QED) is 0.867. The van der Waals surface area contributed by atoms with Gasteiger partial charge in [-0.15, -0.1) is 0 Å². The number of nitrogens with zero attached hydrogens (tertiary/aromatic N) is 3. The Labute approximate surface area is 96.1 Å². The van der Waals surface area contributed by atoms with Crippen molar-refractivity contribution in [1.82, 2.24) is 9.78 Å². The molecular formula is C11H8F2N4. The minimum Gasteiger partial charge on any atom is -0.348 e. The number of aromatic nitrogens is 2. The van der Waals surface area contributed by atoms with Crippen LogP contribution in [0.4, 0.5) is 20.2 Å². The minimum atomic E-state index is -0.814. The van der Waals surface area contributed by atoms with E-state index in [0.29, 0.717) is 5.69 Å². The maximum absolute atomic E-state index is 13.5. The molecule has 6 heteroatoms. The molecule has 2 aromatic rings. The highest BCUT2D eigenvalue weighted by molar-refractivity contribution is 5.60. The molecule has 1 aromatic carbocycles. The number of rotatable bonds is 2. The van der Waals surface area contributed by atoms with Gasteiger partial charge in [0, 0.05) is 13.2 Å². The maximum Gasteiger partial charge on any atom is 0.150 e. The van der Waals surface area contributed by atoms with Crippen molar-refractivity contribution in [3.8, 4) is 6.07 Å². The Kier molecular flexibility index (Phi) is 2.75. The zero-order valence-electron chi connectivity index (χ0n) is 8.91. The van der Waals surface area contributed by atoms with Crippen LogP contribution in [0.5, 0.6) is 0 Å². The fourth-order valence-electron chi connectivity index (χ4n) is 1.39. The number of nitrogens with one attached hydrogen (secondary N) is 1. The number of hydrogen-bond acceptors (Lipinski definition) is 3. The lowest BCUT2D eigenvalue weighted by atomic mass is 10.2. The first-order valence-electron chi connectivity index (χ1n) is 4.75. The molecule has 86 valence electrons. The molecule has 4 nitrogen and oxygen atoms in total. The molecule has 0 bridgehead atoms. The average molecular weight is 234 g/mol. The monoisotopic (exact) mass is 234 g/mol. The fourth-order valence-corrected chi connectivity index (χ4v) is 1.39. The van der Waals surface area contributed by atoms with Crippen LogP contribution in [0.15, 0.2) is 24.5 Å². The van der Waals surface area contributed by atoms with Crippen molar-refractivity contribution >= 4 is 11.4 Å². The van der Waals surface area contributed by atoms with Crippen LogP contribution in [0.2, 0.25) is 0 Å². The van der Waals surface area contributed by atoms with Gasteiger partial charge in [0.25, 0.3) is 0 Å². The van der Waals surface area contributed by atoms with Crippen LogP contribution in [0.25, 0.3) is 0 Å². The molecule has 0 fully saturated rings. The van der Waals surface area contributed by atoms with Crippen LogP contribution >= 0.6 is 0 Å². The summed E-state index contributed by atoms with van der Waals surface area (Å²) in [6.45, 7) is 0. The molecule has 1 aromatic heterocycles. The third-order valence-electron chi connectivity index (χ3n) is 2.15. The minimum absolute atomic E-state index is 0.0586. The number of aryl methyl sites for hydroxylation is 1.